The van der Waals surface area contributed by atoms with Crippen LogP contribution in [0.2, 0.25) is 5.02 Å². The summed E-state index contributed by atoms with van der Waals surface area (Å²) < 4.78 is 5.86. The van der Waals surface area contributed by atoms with Crippen LogP contribution in [0.25, 0.3) is 0 Å². The SMILES string of the molecule is COc1ccc(C(Nc2ccccc2Br)C(=O)O)cc1Cl. The number of para-hydroxylation sites is 1. The van der Waals surface area contributed by atoms with Gasteiger partial charge in [0.2, 0.25) is 0 Å². The zero-order valence-corrected chi connectivity index (χ0v) is 13.5. The van der Waals surface area contributed by atoms with E-state index >= 15 is 0 Å². The second-order valence-electron chi connectivity index (χ2n) is 4.29. The van der Waals surface area contributed by atoms with Crippen molar-refractivity contribution in [3.05, 3.63) is 57.5 Å². The number of anilines is 1. The van der Waals surface area contributed by atoms with Gasteiger partial charge in [-0.25, -0.2) is 4.79 Å². The number of ether oxygens (including phenoxy) is 1. The van der Waals surface area contributed by atoms with Gasteiger partial charge >= 0.3 is 5.97 Å². The molecule has 2 rings (SSSR count). The predicted octanol–water partition coefficient (Wildman–Crippen LogP) is 4.35. The van der Waals surface area contributed by atoms with E-state index in [9.17, 15) is 9.90 Å². The minimum Gasteiger partial charge on any atom is -0.495 e. The molecule has 0 fully saturated rings. The Labute approximate surface area is 135 Å². The topological polar surface area (TPSA) is 58.6 Å². The standard InChI is InChI=1S/C15H13BrClNO3/c1-21-13-7-6-9(8-11(13)17)14(15(19)20)18-12-5-3-2-4-10(12)16/h2-8,14,18H,1H3,(H,19,20). The average Bonchev–Trinajstić information content (AvgIpc) is 2.46. The third-order valence-electron chi connectivity index (χ3n) is 2.93. The quantitative estimate of drug-likeness (QED) is 0.821. The van der Waals surface area contributed by atoms with Gasteiger partial charge in [0.05, 0.1) is 12.1 Å². The number of benzene rings is 2. The summed E-state index contributed by atoms with van der Waals surface area (Å²) in [6, 6.07) is 11.3. The van der Waals surface area contributed by atoms with Crippen molar-refractivity contribution >= 4 is 39.2 Å². The smallest absolute Gasteiger partial charge is 0.330 e. The molecular formula is C15H13BrClNO3. The minimum absolute atomic E-state index is 0.371. The first-order valence-corrected chi connectivity index (χ1v) is 7.27. The lowest BCUT2D eigenvalue weighted by Crippen LogP contribution is -2.20. The molecule has 2 N–H and O–H groups in total. The molecule has 2 aromatic carbocycles. The summed E-state index contributed by atoms with van der Waals surface area (Å²) in [7, 11) is 1.51. The first kappa shape index (κ1) is 15.7. The number of nitrogens with one attached hydrogen (secondary N) is 1. The van der Waals surface area contributed by atoms with Gasteiger partial charge < -0.3 is 15.2 Å². The van der Waals surface area contributed by atoms with E-state index in [1.54, 1.807) is 24.3 Å². The number of hydrogen-bond donors (Lipinski definition) is 2. The van der Waals surface area contributed by atoms with Gasteiger partial charge in [-0.1, -0.05) is 29.8 Å². The maximum absolute atomic E-state index is 11.5. The van der Waals surface area contributed by atoms with Gasteiger partial charge in [0.15, 0.2) is 6.04 Å². The molecule has 0 bridgehead atoms. The monoisotopic (exact) mass is 369 g/mol. The fourth-order valence-electron chi connectivity index (χ4n) is 1.88. The van der Waals surface area contributed by atoms with Gasteiger partial charge in [0, 0.05) is 10.2 Å². The lowest BCUT2D eigenvalue weighted by atomic mass is 10.1. The molecule has 0 spiro atoms. The molecule has 1 atom stereocenters. The molecule has 6 heteroatoms. The minimum atomic E-state index is -0.994. The van der Waals surface area contributed by atoms with Crippen LogP contribution in [-0.2, 0) is 4.79 Å². The van der Waals surface area contributed by atoms with Gasteiger partial charge in [0.1, 0.15) is 5.75 Å². The summed E-state index contributed by atoms with van der Waals surface area (Å²) >= 11 is 9.44. The first-order chi connectivity index (χ1) is 10.0. The number of hydrogen-bond acceptors (Lipinski definition) is 3. The summed E-state index contributed by atoms with van der Waals surface area (Å²) in [5.74, 6) is -0.488. The number of rotatable bonds is 5. The molecule has 0 aliphatic rings. The molecule has 0 heterocycles. The molecule has 0 amide bonds. The Morgan fingerprint density at radius 2 is 2.05 bits per heavy atom. The van der Waals surface area contributed by atoms with Crippen molar-refractivity contribution in [3.8, 4) is 5.75 Å². The maximum atomic E-state index is 11.5. The molecule has 1 unspecified atom stereocenters. The van der Waals surface area contributed by atoms with Crippen molar-refractivity contribution in [3.63, 3.8) is 0 Å². The van der Waals surface area contributed by atoms with Crippen molar-refractivity contribution in [2.75, 3.05) is 12.4 Å². The maximum Gasteiger partial charge on any atom is 0.330 e. The molecule has 0 saturated heterocycles. The Hall–Kier alpha value is -1.72. The number of aliphatic carboxylic acids is 1. The summed E-state index contributed by atoms with van der Waals surface area (Å²) in [4.78, 5) is 11.5. The Morgan fingerprint density at radius 1 is 1.33 bits per heavy atom. The van der Waals surface area contributed by atoms with E-state index in [0.717, 1.165) is 4.47 Å². The molecule has 0 radical (unpaired) electrons. The normalized spacial score (nSPS) is 11.8. The molecular weight excluding hydrogens is 358 g/mol. The highest BCUT2D eigenvalue weighted by atomic mass is 79.9. The number of carbonyl (C=O) groups is 1. The van der Waals surface area contributed by atoms with Crippen LogP contribution in [0.3, 0.4) is 0 Å². The highest BCUT2D eigenvalue weighted by Gasteiger charge is 2.21. The second-order valence-corrected chi connectivity index (χ2v) is 5.55. The van der Waals surface area contributed by atoms with E-state index in [1.807, 2.05) is 18.2 Å². The number of carboxylic acid groups (broad SMARTS) is 1. The van der Waals surface area contributed by atoms with Crippen LogP contribution >= 0.6 is 27.5 Å². The van der Waals surface area contributed by atoms with E-state index in [0.29, 0.717) is 22.0 Å². The van der Waals surface area contributed by atoms with E-state index in [-0.39, 0.29) is 0 Å². The van der Waals surface area contributed by atoms with Crippen molar-refractivity contribution in [1.82, 2.24) is 0 Å². The summed E-state index contributed by atoms with van der Waals surface area (Å²) in [6.07, 6.45) is 0. The molecule has 0 aromatic heterocycles. The largest absolute Gasteiger partial charge is 0.495 e. The van der Waals surface area contributed by atoms with Crippen molar-refractivity contribution < 1.29 is 14.6 Å². The number of carboxylic acids is 1. The van der Waals surface area contributed by atoms with E-state index in [2.05, 4.69) is 21.2 Å². The molecule has 0 aliphatic carbocycles. The highest BCUT2D eigenvalue weighted by molar-refractivity contribution is 9.10. The number of halogens is 2. The Balaban J connectivity index is 2.34. The third kappa shape index (κ3) is 3.68. The first-order valence-electron chi connectivity index (χ1n) is 6.10. The summed E-state index contributed by atoms with van der Waals surface area (Å²) in [5, 5.41) is 12.8. The van der Waals surface area contributed by atoms with Crippen LogP contribution in [0.4, 0.5) is 5.69 Å². The Morgan fingerprint density at radius 3 is 2.62 bits per heavy atom. The molecule has 0 aliphatic heterocycles. The van der Waals surface area contributed by atoms with Gasteiger partial charge in [-0.2, -0.15) is 0 Å². The van der Waals surface area contributed by atoms with Crippen LogP contribution in [0.1, 0.15) is 11.6 Å². The fraction of sp³-hybridized carbons (Fsp3) is 0.133. The zero-order chi connectivity index (χ0) is 15.4. The van der Waals surface area contributed by atoms with Gasteiger partial charge in [-0.3, -0.25) is 0 Å². The van der Waals surface area contributed by atoms with Gasteiger partial charge in [0.25, 0.3) is 0 Å². The van der Waals surface area contributed by atoms with Crippen LogP contribution < -0.4 is 10.1 Å². The number of methoxy groups -OCH3 is 1. The lowest BCUT2D eigenvalue weighted by molar-refractivity contribution is -0.138. The van der Waals surface area contributed by atoms with Crippen molar-refractivity contribution in [2.45, 2.75) is 6.04 Å². The highest BCUT2D eigenvalue weighted by Crippen LogP contribution is 2.31. The van der Waals surface area contributed by atoms with E-state index in [4.69, 9.17) is 16.3 Å². The van der Waals surface area contributed by atoms with Crippen LogP contribution in [0.5, 0.6) is 5.75 Å². The van der Waals surface area contributed by atoms with E-state index < -0.39 is 12.0 Å². The summed E-state index contributed by atoms with van der Waals surface area (Å²) in [5.41, 5.74) is 1.24. The van der Waals surface area contributed by atoms with Crippen molar-refractivity contribution in [2.24, 2.45) is 0 Å². The lowest BCUT2D eigenvalue weighted by Gasteiger charge is -2.18. The van der Waals surface area contributed by atoms with Gasteiger partial charge in [-0.15, -0.1) is 0 Å². The van der Waals surface area contributed by atoms with Crippen LogP contribution in [0.15, 0.2) is 46.9 Å². The van der Waals surface area contributed by atoms with Crippen LogP contribution in [0, 0.1) is 0 Å². The molecule has 110 valence electrons. The Bertz CT molecular complexity index is 663. The zero-order valence-electron chi connectivity index (χ0n) is 11.1. The molecule has 4 nitrogen and oxygen atoms in total. The summed E-state index contributed by atoms with van der Waals surface area (Å²) in [6.45, 7) is 0. The fourth-order valence-corrected chi connectivity index (χ4v) is 2.55. The molecule has 21 heavy (non-hydrogen) atoms. The predicted molar refractivity (Wildman–Crippen MR) is 86.1 cm³/mol. The molecule has 0 saturated carbocycles. The van der Waals surface area contributed by atoms with Crippen molar-refractivity contribution in [1.29, 1.82) is 0 Å². The molecule has 2 aromatic rings. The van der Waals surface area contributed by atoms with E-state index in [1.165, 1.54) is 7.11 Å². The third-order valence-corrected chi connectivity index (χ3v) is 3.92. The second kappa shape index (κ2) is 6.83. The van der Waals surface area contributed by atoms with Crippen LogP contribution in [-0.4, -0.2) is 18.2 Å². The Kier molecular flexibility index (Phi) is 5.09. The average molecular weight is 371 g/mol. The van der Waals surface area contributed by atoms with Gasteiger partial charge in [-0.05, 0) is 45.8 Å².